The molecule has 3 nitrogen and oxygen atoms in total. The number of hydrogen-bond acceptors (Lipinski definition) is 3. The summed E-state index contributed by atoms with van der Waals surface area (Å²) >= 11 is 0. The minimum Gasteiger partial charge on any atom is -0.384 e. The van der Waals surface area contributed by atoms with E-state index in [1.165, 1.54) is 25.9 Å². The monoisotopic (exact) mass is 239 g/mol. The van der Waals surface area contributed by atoms with Crippen LogP contribution in [0.25, 0.3) is 0 Å². The largest absolute Gasteiger partial charge is 0.384 e. The van der Waals surface area contributed by atoms with Crippen LogP contribution in [0, 0.1) is 11.8 Å². The highest BCUT2D eigenvalue weighted by molar-refractivity contribution is 5.82. The third kappa shape index (κ3) is 3.78. The topological polar surface area (TPSA) is 29.5 Å². The molecular formula is C14H25NO2. The van der Waals surface area contributed by atoms with Gasteiger partial charge in [-0.25, -0.2) is 0 Å². The molecule has 2 aliphatic rings. The first-order valence-corrected chi connectivity index (χ1v) is 7.03. The molecule has 0 spiro atoms. The molecule has 1 aliphatic heterocycles. The molecule has 1 heterocycles. The van der Waals surface area contributed by atoms with Crippen molar-refractivity contribution < 1.29 is 9.53 Å². The van der Waals surface area contributed by atoms with E-state index >= 15 is 0 Å². The summed E-state index contributed by atoms with van der Waals surface area (Å²) in [6.45, 7) is 4.41. The molecule has 2 fully saturated rings. The van der Waals surface area contributed by atoms with Gasteiger partial charge in [0.2, 0.25) is 0 Å². The van der Waals surface area contributed by atoms with Crippen molar-refractivity contribution in [2.45, 2.75) is 38.5 Å². The molecule has 0 bridgehead atoms. The number of hydrogen-bond donors (Lipinski definition) is 0. The standard InChI is InChI=1S/C14H25NO2/c1-17-11-12-5-8-15(9-6-12)10-7-13-3-2-4-14(13)16/h12-13H,2-11H2,1H3. The van der Waals surface area contributed by atoms with Crippen molar-refractivity contribution in [2.24, 2.45) is 11.8 Å². The van der Waals surface area contributed by atoms with Gasteiger partial charge >= 0.3 is 0 Å². The number of nitrogens with zero attached hydrogens (tertiary/aromatic N) is 1. The molecule has 0 aromatic carbocycles. The normalized spacial score (nSPS) is 27.8. The molecule has 0 aromatic rings. The lowest BCUT2D eigenvalue weighted by Crippen LogP contribution is -2.36. The fraction of sp³-hybridized carbons (Fsp3) is 0.929. The Kier molecular flexibility index (Phi) is 4.99. The Hall–Kier alpha value is -0.410. The Labute approximate surface area is 105 Å². The smallest absolute Gasteiger partial charge is 0.136 e. The zero-order valence-electron chi connectivity index (χ0n) is 11.0. The van der Waals surface area contributed by atoms with Crippen molar-refractivity contribution >= 4 is 5.78 Å². The van der Waals surface area contributed by atoms with Crippen LogP contribution < -0.4 is 0 Å². The number of likely N-dealkylation sites (tertiary alicyclic amines) is 1. The fourth-order valence-electron chi connectivity index (χ4n) is 3.14. The van der Waals surface area contributed by atoms with E-state index in [4.69, 9.17) is 4.74 Å². The van der Waals surface area contributed by atoms with Crippen LogP contribution in [0.4, 0.5) is 0 Å². The number of ketones is 1. The number of piperidine rings is 1. The highest BCUT2D eigenvalue weighted by atomic mass is 16.5. The summed E-state index contributed by atoms with van der Waals surface area (Å²) in [6, 6.07) is 0. The van der Waals surface area contributed by atoms with Crippen LogP contribution in [0.3, 0.4) is 0 Å². The maximum atomic E-state index is 11.5. The molecule has 1 aliphatic carbocycles. The van der Waals surface area contributed by atoms with Crippen LogP contribution in [-0.2, 0) is 9.53 Å². The average molecular weight is 239 g/mol. The molecule has 1 unspecified atom stereocenters. The van der Waals surface area contributed by atoms with Gasteiger partial charge in [0, 0.05) is 26.1 Å². The van der Waals surface area contributed by atoms with E-state index in [1.54, 1.807) is 7.11 Å². The first-order valence-electron chi connectivity index (χ1n) is 7.03. The second kappa shape index (κ2) is 6.50. The lowest BCUT2D eigenvalue weighted by Gasteiger charge is -2.32. The number of Topliss-reactive ketones (excluding diaryl/α,β-unsaturated/α-hetero) is 1. The third-order valence-corrected chi connectivity index (χ3v) is 4.33. The Balaban J connectivity index is 1.63. The number of methoxy groups -OCH3 is 1. The number of carbonyl (C=O) groups is 1. The lowest BCUT2D eigenvalue weighted by molar-refractivity contribution is -0.120. The molecule has 1 atom stereocenters. The highest BCUT2D eigenvalue weighted by Gasteiger charge is 2.25. The molecule has 3 heteroatoms. The molecule has 1 saturated heterocycles. The van der Waals surface area contributed by atoms with Crippen LogP contribution in [0.15, 0.2) is 0 Å². The number of rotatable bonds is 5. The van der Waals surface area contributed by atoms with Gasteiger partial charge in [0.15, 0.2) is 0 Å². The van der Waals surface area contributed by atoms with E-state index in [0.717, 1.165) is 44.8 Å². The maximum Gasteiger partial charge on any atom is 0.136 e. The van der Waals surface area contributed by atoms with Crippen LogP contribution in [0.2, 0.25) is 0 Å². The lowest BCUT2D eigenvalue weighted by atomic mass is 9.96. The van der Waals surface area contributed by atoms with E-state index in [0.29, 0.717) is 11.7 Å². The summed E-state index contributed by atoms with van der Waals surface area (Å²) in [5.41, 5.74) is 0. The van der Waals surface area contributed by atoms with Crippen molar-refractivity contribution in [3.05, 3.63) is 0 Å². The quantitative estimate of drug-likeness (QED) is 0.736. The summed E-state index contributed by atoms with van der Waals surface area (Å²) in [5.74, 6) is 1.65. The van der Waals surface area contributed by atoms with Gasteiger partial charge in [-0.1, -0.05) is 0 Å². The molecule has 0 radical (unpaired) electrons. The Morgan fingerprint density at radius 2 is 2.06 bits per heavy atom. The van der Waals surface area contributed by atoms with Crippen LogP contribution in [0.5, 0.6) is 0 Å². The van der Waals surface area contributed by atoms with E-state index in [-0.39, 0.29) is 0 Å². The van der Waals surface area contributed by atoms with Crippen molar-refractivity contribution in [1.82, 2.24) is 4.90 Å². The summed E-state index contributed by atoms with van der Waals surface area (Å²) < 4.78 is 5.21. The minimum atomic E-state index is 0.381. The molecular weight excluding hydrogens is 214 g/mol. The minimum absolute atomic E-state index is 0.381. The Bertz CT molecular complexity index is 247. The van der Waals surface area contributed by atoms with E-state index in [2.05, 4.69) is 4.90 Å². The molecule has 2 rings (SSSR count). The molecule has 98 valence electrons. The van der Waals surface area contributed by atoms with Gasteiger partial charge in [-0.3, -0.25) is 4.79 Å². The summed E-state index contributed by atoms with van der Waals surface area (Å²) in [6.07, 6.45) is 6.70. The van der Waals surface area contributed by atoms with Crippen molar-refractivity contribution in [1.29, 1.82) is 0 Å². The Morgan fingerprint density at radius 3 is 2.65 bits per heavy atom. The van der Waals surface area contributed by atoms with Crippen molar-refractivity contribution in [2.75, 3.05) is 33.4 Å². The number of carbonyl (C=O) groups excluding carboxylic acids is 1. The molecule has 1 saturated carbocycles. The van der Waals surface area contributed by atoms with E-state index in [9.17, 15) is 4.79 Å². The maximum absolute atomic E-state index is 11.5. The van der Waals surface area contributed by atoms with Crippen LogP contribution in [-0.4, -0.2) is 44.0 Å². The van der Waals surface area contributed by atoms with Gasteiger partial charge in [-0.2, -0.15) is 0 Å². The molecule has 0 N–H and O–H groups in total. The zero-order chi connectivity index (χ0) is 12.1. The van der Waals surface area contributed by atoms with Crippen LogP contribution >= 0.6 is 0 Å². The SMILES string of the molecule is COCC1CCN(CCC2CCCC2=O)CC1. The van der Waals surface area contributed by atoms with Gasteiger partial charge < -0.3 is 9.64 Å². The fourth-order valence-corrected chi connectivity index (χ4v) is 3.14. The summed E-state index contributed by atoms with van der Waals surface area (Å²) in [7, 11) is 1.79. The van der Waals surface area contributed by atoms with Gasteiger partial charge in [0.25, 0.3) is 0 Å². The van der Waals surface area contributed by atoms with Crippen molar-refractivity contribution in [3.8, 4) is 0 Å². The van der Waals surface area contributed by atoms with E-state index in [1.807, 2.05) is 0 Å². The second-order valence-corrected chi connectivity index (χ2v) is 5.58. The molecule has 0 amide bonds. The first-order chi connectivity index (χ1) is 8.29. The summed E-state index contributed by atoms with van der Waals surface area (Å²) in [5, 5.41) is 0. The van der Waals surface area contributed by atoms with Gasteiger partial charge in [0.05, 0.1) is 0 Å². The summed E-state index contributed by atoms with van der Waals surface area (Å²) in [4.78, 5) is 14.1. The first kappa shape index (κ1) is 13.0. The van der Waals surface area contributed by atoms with Gasteiger partial charge in [-0.05, 0) is 57.7 Å². The second-order valence-electron chi connectivity index (χ2n) is 5.58. The predicted octanol–water partition coefficient (Wildman–Crippen LogP) is 2.10. The van der Waals surface area contributed by atoms with Crippen molar-refractivity contribution in [3.63, 3.8) is 0 Å². The highest BCUT2D eigenvalue weighted by Crippen LogP contribution is 2.25. The molecule has 17 heavy (non-hydrogen) atoms. The van der Waals surface area contributed by atoms with Crippen LogP contribution in [0.1, 0.15) is 38.5 Å². The zero-order valence-corrected chi connectivity index (χ0v) is 11.0. The van der Waals surface area contributed by atoms with Gasteiger partial charge in [-0.15, -0.1) is 0 Å². The Morgan fingerprint density at radius 1 is 1.29 bits per heavy atom. The number of ether oxygens (including phenoxy) is 1. The third-order valence-electron chi connectivity index (χ3n) is 4.33. The average Bonchev–Trinajstić information content (AvgIpc) is 2.75. The van der Waals surface area contributed by atoms with E-state index < -0.39 is 0 Å². The predicted molar refractivity (Wildman–Crippen MR) is 68.0 cm³/mol. The molecule has 0 aromatic heterocycles. The van der Waals surface area contributed by atoms with Gasteiger partial charge in [0.1, 0.15) is 5.78 Å².